The minimum atomic E-state index is 0.208. The fraction of sp³-hybridized carbons (Fsp3) is 0.600. The van der Waals surface area contributed by atoms with Crippen LogP contribution in [0.2, 0.25) is 0 Å². The molecule has 6 heteroatoms. The molecule has 3 aliphatic heterocycles. The van der Waals surface area contributed by atoms with Gasteiger partial charge in [-0.05, 0) is 87.4 Å². The number of H-pyrrole nitrogens is 1. The zero-order chi connectivity index (χ0) is 20.8. The number of anilines is 1. The summed E-state index contributed by atoms with van der Waals surface area (Å²) in [7, 11) is 0. The minimum absolute atomic E-state index is 0.208. The summed E-state index contributed by atoms with van der Waals surface area (Å²) in [6.07, 6.45) is 11.6. The van der Waals surface area contributed by atoms with E-state index in [1.165, 1.54) is 61.3 Å². The summed E-state index contributed by atoms with van der Waals surface area (Å²) in [6.45, 7) is 4.27. The second-order valence-corrected chi connectivity index (χ2v) is 9.85. The fourth-order valence-corrected chi connectivity index (χ4v) is 6.37. The molecule has 1 aromatic heterocycles. The third kappa shape index (κ3) is 3.45. The lowest BCUT2D eigenvalue weighted by Gasteiger charge is -2.36. The van der Waals surface area contributed by atoms with Crippen molar-refractivity contribution in [3.63, 3.8) is 0 Å². The Balaban J connectivity index is 1.20. The van der Waals surface area contributed by atoms with E-state index in [0.29, 0.717) is 12.0 Å². The van der Waals surface area contributed by atoms with Crippen LogP contribution in [0.3, 0.4) is 0 Å². The molecule has 0 radical (unpaired) electrons. The van der Waals surface area contributed by atoms with Crippen LogP contribution in [-0.2, 0) is 6.42 Å². The van der Waals surface area contributed by atoms with Gasteiger partial charge < -0.3 is 15.1 Å². The number of fused-ring (bicyclic) bond motifs is 5. The van der Waals surface area contributed by atoms with Gasteiger partial charge in [-0.15, -0.1) is 0 Å². The number of likely N-dealkylation sites (tertiary alicyclic amines) is 2. The molecule has 1 amide bonds. The first kappa shape index (κ1) is 19.4. The molecule has 1 aliphatic carbocycles. The number of nitrogens with zero attached hydrogens (tertiary/aromatic N) is 3. The van der Waals surface area contributed by atoms with Gasteiger partial charge in [-0.1, -0.05) is 6.42 Å². The van der Waals surface area contributed by atoms with Crippen molar-refractivity contribution < 1.29 is 4.79 Å². The number of amides is 1. The quantitative estimate of drug-likeness (QED) is 0.770. The maximum absolute atomic E-state index is 13.3. The number of carbonyl (C=O) groups excluding carboxylic acids is 1. The molecule has 4 heterocycles. The van der Waals surface area contributed by atoms with E-state index in [4.69, 9.17) is 0 Å². The molecule has 6 nitrogen and oxygen atoms in total. The Morgan fingerprint density at radius 3 is 2.68 bits per heavy atom. The Morgan fingerprint density at radius 2 is 1.84 bits per heavy atom. The summed E-state index contributed by atoms with van der Waals surface area (Å²) < 4.78 is 0. The number of aryl methyl sites for hydroxylation is 1. The van der Waals surface area contributed by atoms with Gasteiger partial charge in [0.25, 0.3) is 5.91 Å². The Bertz CT molecular complexity index is 955. The van der Waals surface area contributed by atoms with Crippen LogP contribution >= 0.6 is 0 Å². The molecular formula is C25H33N5O. The van der Waals surface area contributed by atoms with Crippen LogP contribution in [-0.4, -0.2) is 58.1 Å². The number of carbonyl (C=O) groups is 1. The summed E-state index contributed by atoms with van der Waals surface area (Å²) in [5.41, 5.74) is 5.92. The lowest BCUT2D eigenvalue weighted by Crippen LogP contribution is -2.45. The first-order valence-corrected chi connectivity index (χ1v) is 12.2. The van der Waals surface area contributed by atoms with Gasteiger partial charge in [0.15, 0.2) is 0 Å². The van der Waals surface area contributed by atoms with Crippen molar-refractivity contribution in [1.82, 2.24) is 20.0 Å². The van der Waals surface area contributed by atoms with Crippen LogP contribution < -0.4 is 5.32 Å². The van der Waals surface area contributed by atoms with Crippen LogP contribution in [0.15, 0.2) is 24.4 Å². The molecule has 6 rings (SSSR count). The molecule has 31 heavy (non-hydrogen) atoms. The maximum atomic E-state index is 13.3. The van der Waals surface area contributed by atoms with E-state index in [1.54, 1.807) is 0 Å². The third-order valence-corrected chi connectivity index (χ3v) is 8.09. The van der Waals surface area contributed by atoms with Crippen LogP contribution in [0.25, 0.3) is 0 Å². The lowest BCUT2D eigenvalue weighted by atomic mass is 9.84. The Morgan fingerprint density at radius 1 is 1.00 bits per heavy atom. The molecule has 2 unspecified atom stereocenters. The minimum Gasteiger partial charge on any atom is -0.376 e. The molecule has 2 saturated heterocycles. The van der Waals surface area contributed by atoms with Crippen molar-refractivity contribution in [2.45, 2.75) is 69.4 Å². The van der Waals surface area contributed by atoms with E-state index in [0.717, 1.165) is 44.3 Å². The number of nitrogens with one attached hydrogen (secondary N) is 2. The van der Waals surface area contributed by atoms with Crippen molar-refractivity contribution in [2.75, 3.05) is 31.5 Å². The first-order chi connectivity index (χ1) is 15.3. The number of aromatic amines is 1. The molecule has 2 aromatic rings. The summed E-state index contributed by atoms with van der Waals surface area (Å²) in [5, 5.41) is 11.3. The smallest absolute Gasteiger partial charge is 0.253 e. The molecule has 0 bridgehead atoms. The monoisotopic (exact) mass is 419 g/mol. The summed E-state index contributed by atoms with van der Waals surface area (Å²) in [6, 6.07) is 7.25. The van der Waals surface area contributed by atoms with Gasteiger partial charge in [-0.2, -0.15) is 5.10 Å². The van der Waals surface area contributed by atoms with E-state index < -0.39 is 0 Å². The van der Waals surface area contributed by atoms with Crippen LogP contribution in [0.1, 0.15) is 84.1 Å². The summed E-state index contributed by atoms with van der Waals surface area (Å²) in [5.74, 6) is 0.613. The van der Waals surface area contributed by atoms with E-state index in [2.05, 4.69) is 37.4 Å². The maximum Gasteiger partial charge on any atom is 0.253 e. The highest BCUT2D eigenvalue weighted by Gasteiger charge is 2.37. The third-order valence-electron chi connectivity index (χ3n) is 8.09. The highest BCUT2D eigenvalue weighted by atomic mass is 16.2. The number of rotatable bonds is 2. The largest absolute Gasteiger partial charge is 0.376 e. The molecule has 164 valence electrons. The van der Waals surface area contributed by atoms with Gasteiger partial charge in [0.1, 0.15) is 0 Å². The molecule has 0 saturated carbocycles. The van der Waals surface area contributed by atoms with Gasteiger partial charge in [0.05, 0.1) is 17.9 Å². The predicted octanol–water partition coefficient (Wildman–Crippen LogP) is 4.09. The molecule has 0 spiro atoms. The molecule has 2 N–H and O–H groups in total. The standard InChI is InChI=1S/C25H33N5O/c31-25(30-13-9-19(10-14-30)29-11-3-4-12-29)17-7-8-22-21(15-17)20-6-2-1-5-18-16-26-28-23(18)24(20)27-22/h7-8,15-16,19-20,24,27H,1-6,9-14H2,(H,26,28). The molecular weight excluding hydrogens is 386 g/mol. The summed E-state index contributed by atoms with van der Waals surface area (Å²) in [4.78, 5) is 18.1. The van der Waals surface area contributed by atoms with Crippen molar-refractivity contribution in [3.05, 3.63) is 46.8 Å². The average Bonchev–Trinajstić information content (AvgIpc) is 3.54. The molecule has 2 fully saturated rings. The van der Waals surface area contributed by atoms with Crippen molar-refractivity contribution in [3.8, 4) is 0 Å². The van der Waals surface area contributed by atoms with Crippen molar-refractivity contribution in [2.24, 2.45) is 0 Å². The highest BCUT2D eigenvalue weighted by Crippen LogP contribution is 2.48. The van der Waals surface area contributed by atoms with Gasteiger partial charge in [0, 0.05) is 36.3 Å². The number of piperidine rings is 1. The van der Waals surface area contributed by atoms with Crippen molar-refractivity contribution in [1.29, 1.82) is 0 Å². The van der Waals surface area contributed by atoms with E-state index in [1.807, 2.05) is 12.3 Å². The number of aromatic nitrogens is 2. The molecule has 2 atom stereocenters. The second kappa shape index (κ2) is 7.97. The van der Waals surface area contributed by atoms with Gasteiger partial charge in [0.2, 0.25) is 0 Å². The molecule has 4 aliphatic rings. The SMILES string of the molecule is O=C(c1ccc2c(c1)C1CCCCc3cn[nH]c3C1N2)N1CCC(N2CCCC2)CC1. The van der Waals surface area contributed by atoms with Crippen LogP contribution in [0.5, 0.6) is 0 Å². The van der Waals surface area contributed by atoms with Crippen molar-refractivity contribution >= 4 is 11.6 Å². The van der Waals surface area contributed by atoms with E-state index in [9.17, 15) is 4.79 Å². The Hall–Kier alpha value is -2.34. The first-order valence-electron chi connectivity index (χ1n) is 12.2. The Labute approximate surface area is 184 Å². The second-order valence-electron chi connectivity index (χ2n) is 9.85. The fourth-order valence-electron chi connectivity index (χ4n) is 6.37. The predicted molar refractivity (Wildman–Crippen MR) is 121 cm³/mol. The highest BCUT2D eigenvalue weighted by molar-refractivity contribution is 5.95. The number of benzene rings is 1. The topological polar surface area (TPSA) is 64.3 Å². The van der Waals surface area contributed by atoms with Gasteiger partial charge in [-0.25, -0.2) is 0 Å². The van der Waals surface area contributed by atoms with E-state index in [-0.39, 0.29) is 11.9 Å². The van der Waals surface area contributed by atoms with Crippen LogP contribution in [0, 0.1) is 0 Å². The zero-order valence-corrected chi connectivity index (χ0v) is 18.3. The lowest BCUT2D eigenvalue weighted by molar-refractivity contribution is 0.0644. The summed E-state index contributed by atoms with van der Waals surface area (Å²) >= 11 is 0. The zero-order valence-electron chi connectivity index (χ0n) is 18.3. The van der Waals surface area contributed by atoms with Gasteiger partial charge in [-0.3, -0.25) is 9.89 Å². The molecule has 1 aromatic carbocycles. The number of hydrogen-bond acceptors (Lipinski definition) is 4. The Kier molecular flexibility index (Phi) is 4.98. The number of hydrogen-bond donors (Lipinski definition) is 2. The average molecular weight is 420 g/mol. The van der Waals surface area contributed by atoms with Crippen LogP contribution in [0.4, 0.5) is 5.69 Å². The van der Waals surface area contributed by atoms with Gasteiger partial charge >= 0.3 is 0 Å². The normalized spacial score (nSPS) is 26.5. The van der Waals surface area contributed by atoms with E-state index >= 15 is 0 Å².